The summed E-state index contributed by atoms with van der Waals surface area (Å²) in [5.74, 6) is -0.772. The highest BCUT2D eigenvalue weighted by atomic mass is 16.5. The van der Waals surface area contributed by atoms with E-state index in [1.165, 1.54) is 32.1 Å². The number of benzene rings is 1. The molecule has 0 bridgehead atoms. The van der Waals surface area contributed by atoms with E-state index >= 15 is 0 Å². The molecule has 0 saturated carbocycles. The highest BCUT2D eigenvalue weighted by Gasteiger charge is 2.19. The van der Waals surface area contributed by atoms with Gasteiger partial charge in [-0.3, -0.25) is 4.79 Å². The molecule has 2 aromatic heterocycles. The second-order valence-electron chi connectivity index (χ2n) is 7.91. The first kappa shape index (κ1) is 22.1. The molecule has 0 spiro atoms. The Morgan fingerprint density at radius 3 is 2.53 bits per heavy atom. The first-order valence-corrected chi connectivity index (χ1v) is 11.2. The van der Waals surface area contributed by atoms with Crippen molar-refractivity contribution < 1.29 is 14.6 Å². The third-order valence-corrected chi connectivity index (χ3v) is 5.51. The van der Waals surface area contributed by atoms with E-state index in [2.05, 4.69) is 47.9 Å². The molecule has 0 aliphatic heterocycles. The monoisotopic (exact) mass is 407 g/mol. The molecule has 4 heteroatoms. The average Bonchev–Trinajstić information content (AvgIpc) is 3.23. The van der Waals surface area contributed by atoms with E-state index in [1.807, 2.05) is 24.3 Å². The predicted molar refractivity (Wildman–Crippen MR) is 121 cm³/mol. The van der Waals surface area contributed by atoms with Crippen LogP contribution < -0.4 is 0 Å². The van der Waals surface area contributed by atoms with E-state index in [0.717, 1.165) is 28.8 Å². The Labute approximate surface area is 179 Å². The van der Waals surface area contributed by atoms with Crippen LogP contribution in [0.1, 0.15) is 74.8 Å². The highest BCUT2D eigenvalue weighted by Crippen LogP contribution is 2.29. The number of ether oxygens (including phenoxy) is 1. The molecule has 0 aliphatic carbocycles. The zero-order valence-corrected chi connectivity index (χ0v) is 17.9. The largest absolute Gasteiger partial charge is 0.481 e. The number of aliphatic carboxylic acids is 1. The summed E-state index contributed by atoms with van der Waals surface area (Å²) in [6, 6.07) is 18.6. The summed E-state index contributed by atoms with van der Waals surface area (Å²) < 4.78 is 8.60. The molecular formula is C26H33NO3. The Bertz CT molecular complexity index is 916. The molecular weight excluding hydrogens is 374 g/mol. The molecule has 0 aliphatic rings. The van der Waals surface area contributed by atoms with Crippen LogP contribution in [0.25, 0.3) is 5.52 Å². The van der Waals surface area contributed by atoms with E-state index < -0.39 is 5.97 Å². The van der Waals surface area contributed by atoms with Crippen LogP contribution in [0.3, 0.4) is 0 Å². The first-order chi connectivity index (χ1) is 14.7. The Morgan fingerprint density at radius 1 is 1.00 bits per heavy atom. The lowest BCUT2D eigenvalue weighted by molar-refractivity contribution is -0.136. The van der Waals surface area contributed by atoms with Gasteiger partial charge in [-0.2, -0.15) is 0 Å². The number of fused-ring (bicyclic) bond motifs is 1. The molecule has 0 radical (unpaired) electrons. The minimum absolute atomic E-state index is 0.130. The maximum Gasteiger partial charge on any atom is 0.303 e. The molecule has 3 aromatic rings. The molecule has 1 unspecified atom stereocenters. The number of unbranched alkanes of at least 4 members (excludes halogenated alkanes) is 5. The summed E-state index contributed by atoms with van der Waals surface area (Å²) >= 11 is 0. The van der Waals surface area contributed by atoms with E-state index in [4.69, 9.17) is 9.84 Å². The number of hydrogen-bond donors (Lipinski definition) is 1. The standard InChI is InChI=1S/C26H33NO3/c1-2-3-4-5-6-10-18-30-26(22-12-8-7-9-13-22)24-20-21(15-16-25(28)29)19-23-14-11-17-27(23)24/h7-9,11-14,17,19-20,26H,2-6,10,15-16,18H2,1H3,(H,28,29). The molecule has 0 saturated heterocycles. The van der Waals surface area contributed by atoms with Crippen molar-refractivity contribution >= 4 is 11.5 Å². The summed E-state index contributed by atoms with van der Waals surface area (Å²) in [6.45, 7) is 2.95. The molecule has 4 nitrogen and oxygen atoms in total. The predicted octanol–water partition coefficient (Wildman–Crippen LogP) is 6.42. The second-order valence-corrected chi connectivity index (χ2v) is 7.91. The van der Waals surface area contributed by atoms with Gasteiger partial charge >= 0.3 is 5.97 Å². The van der Waals surface area contributed by atoms with Crippen LogP contribution in [0.4, 0.5) is 0 Å². The summed E-state index contributed by atoms with van der Waals surface area (Å²) in [5.41, 5.74) is 4.27. The number of aromatic nitrogens is 1. The molecule has 3 rings (SSSR count). The zero-order valence-electron chi connectivity index (χ0n) is 17.9. The minimum atomic E-state index is -0.772. The van der Waals surface area contributed by atoms with Gasteiger partial charge in [0.15, 0.2) is 0 Å². The summed E-state index contributed by atoms with van der Waals surface area (Å²) in [4.78, 5) is 11.1. The second kappa shape index (κ2) is 11.6. The van der Waals surface area contributed by atoms with Crippen molar-refractivity contribution in [2.45, 2.75) is 64.4 Å². The van der Waals surface area contributed by atoms with Crippen molar-refractivity contribution in [3.63, 3.8) is 0 Å². The number of nitrogens with zero attached hydrogens (tertiary/aromatic N) is 1. The number of pyridine rings is 1. The van der Waals surface area contributed by atoms with Crippen LogP contribution in [-0.2, 0) is 16.0 Å². The number of carboxylic acid groups (broad SMARTS) is 1. The lowest BCUT2D eigenvalue weighted by Crippen LogP contribution is -2.12. The lowest BCUT2D eigenvalue weighted by atomic mass is 10.0. The molecule has 30 heavy (non-hydrogen) atoms. The smallest absolute Gasteiger partial charge is 0.303 e. The normalized spacial score (nSPS) is 12.3. The number of carboxylic acids is 1. The molecule has 1 atom stereocenters. The highest BCUT2D eigenvalue weighted by molar-refractivity contribution is 5.67. The maximum absolute atomic E-state index is 11.1. The number of rotatable bonds is 13. The lowest BCUT2D eigenvalue weighted by Gasteiger charge is -2.22. The molecule has 1 N–H and O–H groups in total. The van der Waals surface area contributed by atoms with Crippen LogP contribution in [0.15, 0.2) is 60.8 Å². The van der Waals surface area contributed by atoms with Gasteiger partial charge in [0.05, 0.1) is 5.69 Å². The molecule has 160 valence electrons. The van der Waals surface area contributed by atoms with Gasteiger partial charge in [0.1, 0.15) is 6.10 Å². The van der Waals surface area contributed by atoms with Gasteiger partial charge in [-0.05, 0) is 48.2 Å². The van der Waals surface area contributed by atoms with E-state index in [-0.39, 0.29) is 12.5 Å². The minimum Gasteiger partial charge on any atom is -0.481 e. The van der Waals surface area contributed by atoms with Crippen LogP contribution in [0.5, 0.6) is 0 Å². The van der Waals surface area contributed by atoms with Crippen molar-refractivity contribution in [3.05, 3.63) is 77.6 Å². The van der Waals surface area contributed by atoms with Gasteiger partial charge in [-0.1, -0.05) is 69.4 Å². The van der Waals surface area contributed by atoms with Crippen LogP contribution >= 0.6 is 0 Å². The van der Waals surface area contributed by atoms with Gasteiger partial charge in [0, 0.05) is 24.7 Å². The van der Waals surface area contributed by atoms with Gasteiger partial charge in [-0.25, -0.2) is 0 Å². The molecule has 2 heterocycles. The molecule has 0 fully saturated rings. The molecule has 1 aromatic carbocycles. The van der Waals surface area contributed by atoms with E-state index in [1.54, 1.807) is 0 Å². The van der Waals surface area contributed by atoms with Crippen LogP contribution in [0.2, 0.25) is 0 Å². The van der Waals surface area contributed by atoms with Gasteiger partial charge in [0.25, 0.3) is 0 Å². The third kappa shape index (κ3) is 6.20. The Morgan fingerprint density at radius 2 is 1.77 bits per heavy atom. The summed E-state index contributed by atoms with van der Waals surface area (Å²) in [5, 5.41) is 9.10. The Balaban J connectivity index is 1.81. The average molecular weight is 408 g/mol. The fourth-order valence-electron chi connectivity index (χ4n) is 3.90. The fraction of sp³-hybridized carbons (Fsp3) is 0.423. The maximum atomic E-state index is 11.1. The van der Waals surface area contributed by atoms with E-state index in [9.17, 15) is 4.79 Å². The summed E-state index contributed by atoms with van der Waals surface area (Å²) in [7, 11) is 0. The molecule has 0 amide bonds. The Hall–Kier alpha value is -2.59. The van der Waals surface area contributed by atoms with Gasteiger partial charge in [-0.15, -0.1) is 0 Å². The number of aryl methyl sites for hydroxylation is 1. The van der Waals surface area contributed by atoms with Crippen LogP contribution in [-0.4, -0.2) is 22.1 Å². The van der Waals surface area contributed by atoms with Gasteiger partial charge in [0.2, 0.25) is 0 Å². The SMILES string of the molecule is CCCCCCCCOC(c1ccccc1)c1cc(CCC(=O)O)cc2cccn12. The van der Waals surface area contributed by atoms with Gasteiger partial charge < -0.3 is 14.2 Å². The zero-order chi connectivity index (χ0) is 21.2. The topological polar surface area (TPSA) is 50.9 Å². The van der Waals surface area contributed by atoms with Crippen molar-refractivity contribution in [2.24, 2.45) is 0 Å². The van der Waals surface area contributed by atoms with Crippen LogP contribution in [0, 0.1) is 0 Å². The summed E-state index contributed by atoms with van der Waals surface area (Å²) in [6.07, 6.45) is 9.90. The first-order valence-electron chi connectivity index (χ1n) is 11.2. The third-order valence-electron chi connectivity index (χ3n) is 5.51. The van der Waals surface area contributed by atoms with E-state index in [0.29, 0.717) is 13.0 Å². The Kier molecular flexibility index (Phi) is 8.52. The number of carbonyl (C=O) groups is 1. The van der Waals surface area contributed by atoms with Crippen molar-refractivity contribution in [1.29, 1.82) is 0 Å². The quantitative estimate of drug-likeness (QED) is 0.332. The fourth-order valence-corrected chi connectivity index (χ4v) is 3.90. The van der Waals surface area contributed by atoms with Crippen molar-refractivity contribution in [1.82, 2.24) is 4.40 Å². The van der Waals surface area contributed by atoms with Crippen molar-refractivity contribution in [2.75, 3.05) is 6.61 Å². The number of hydrogen-bond acceptors (Lipinski definition) is 2. The van der Waals surface area contributed by atoms with Crippen molar-refractivity contribution in [3.8, 4) is 0 Å².